The van der Waals surface area contributed by atoms with Crippen LogP contribution in [0.3, 0.4) is 0 Å². The zero-order chi connectivity index (χ0) is 15.5. The van der Waals surface area contributed by atoms with Gasteiger partial charge in [0.2, 0.25) is 10.0 Å². The van der Waals surface area contributed by atoms with Crippen LogP contribution in [0.15, 0.2) is 29.8 Å². The minimum atomic E-state index is -3.35. The van der Waals surface area contributed by atoms with Crippen molar-refractivity contribution in [1.29, 1.82) is 0 Å². The fourth-order valence-corrected chi connectivity index (χ4v) is 4.07. The van der Waals surface area contributed by atoms with Gasteiger partial charge in [0.1, 0.15) is 0 Å². The first-order valence-electron chi connectivity index (χ1n) is 6.39. The molecule has 0 aliphatic rings. The largest absolute Gasteiger partial charge is 0.250 e. The van der Waals surface area contributed by atoms with Crippen LogP contribution in [0.4, 0.5) is 0 Å². The Morgan fingerprint density at radius 3 is 2.38 bits per heavy atom. The van der Waals surface area contributed by atoms with Crippen molar-refractivity contribution in [2.75, 3.05) is 7.05 Å². The molecule has 2 rings (SSSR count). The third-order valence-electron chi connectivity index (χ3n) is 3.21. The number of hydrogen-bond donors (Lipinski definition) is 0. The second-order valence-corrected chi connectivity index (χ2v) is 8.11. The van der Waals surface area contributed by atoms with Crippen molar-refractivity contribution in [3.05, 3.63) is 51.5 Å². The molecule has 0 atom stereocenters. The zero-order valence-corrected chi connectivity index (χ0v) is 14.3. The third-order valence-corrected chi connectivity index (χ3v) is 6.22. The van der Waals surface area contributed by atoms with E-state index in [0.717, 1.165) is 21.7 Å². The van der Waals surface area contributed by atoms with Crippen LogP contribution in [-0.2, 0) is 28.2 Å². The lowest BCUT2D eigenvalue weighted by molar-refractivity contribution is 0.468. The van der Waals surface area contributed by atoms with Crippen LogP contribution >= 0.6 is 22.9 Å². The van der Waals surface area contributed by atoms with Crippen LogP contribution in [0.25, 0.3) is 0 Å². The molecule has 2 aromatic rings. The van der Waals surface area contributed by atoms with E-state index < -0.39 is 10.0 Å². The first kappa shape index (κ1) is 16.4. The van der Waals surface area contributed by atoms with Crippen molar-refractivity contribution in [3.8, 4) is 0 Å². The molecule has 0 saturated carbocycles. The van der Waals surface area contributed by atoms with Crippen LogP contribution in [0.1, 0.15) is 21.7 Å². The summed E-state index contributed by atoms with van der Waals surface area (Å²) in [6.07, 6.45) is 0. The van der Waals surface area contributed by atoms with E-state index >= 15 is 0 Å². The number of benzene rings is 1. The number of sulfonamides is 1. The number of rotatable bonds is 6. The Hall–Kier alpha value is -0.950. The average molecular weight is 345 g/mol. The highest BCUT2D eigenvalue weighted by Gasteiger charge is 2.20. The van der Waals surface area contributed by atoms with Gasteiger partial charge in [-0.1, -0.05) is 24.3 Å². The molecule has 0 unspecified atom stereocenters. The summed E-state index contributed by atoms with van der Waals surface area (Å²) >= 11 is 7.20. The van der Waals surface area contributed by atoms with Crippen LogP contribution < -0.4 is 0 Å². The molecule has 1 aromatic carbocycles. The maximum absolute atomic E-state index is 12.4. The molecule has 1 heterocycles. The first-order valence-corrected chi connectivity index (χ1v) is 9.41. The summed E-state index contributed by atoms with van der Waals surface area (Å²) < 4.78 is 26.1. The van der Waals surface area contributed by atoms with Gasteiger partial charge < -0.3 is 0 Å². The molecular formula is C14H17ClN2O2S2. The summed E-state index contributed by atoms with van der Waals surface area (Å²) in [6, 6.07) is 7.32. The monoisotopic (exact) mass is 344 g/mol. The second kappa shape index (κ2) is 6.87. The van der Waals surface area contributed by atoms with Gasteiger partial charge in [0.05, 0.1) is 17.0 Å². The normalized spacial score (nSPS) is 12.0. The summed E-state index contributed by atoms with van der Waals surface area (Å²) in [5.74, 6) is 0.418. The van der Waals surface area contributed by atoms with Crippen molar-refractivity contribution in [3.63, 3.8) is 0 Å². The number of aromatic nitrogens is 1. The van der Waals surface area contributed by atoms with Crippen molar-refractivity contribution in [1.82, 2.24) is 9.29 Å². The Morgan fingerprint density at radius 2 is 1.86 bits per heavy atom. The lowest BCUT2D eigenvalue weighted by Gasteiger charge is -2.16. The Morgan fingerprint density at radius 1 is 1.24 bits per heavy atom. The number of aryl methyl sites for hydroxylation is 1. The van der Waals surface area contributed by atoms with E-state index in [0.29, 0.717) is 12.4 Å². The lowest BCUT2D eigenvalue weighted by atomic mass is 10.2. The predicted molar refractivity (Wildman–Crippen MR) is 86.9 cm³/mol. The number of halogens is 1. The second-order valence-electron chi connectivity index (χ2n) is 4.82. The van der Waals surface area contributed by atoms with E-state index in [1.807, 2.05) is 19.1 Å². The van der Waals surface area contributed by atoms with E-state index in [4.69, 9.17) is 11.6 Å². The maximum atomic E-state index is 12.4. The van der Waals surface area contributed by atoms with Gasteiger partial charge in [0.25, 0.3) is 0 Å². The molecule has 0 spiro atoms. The number of hydrogen-bond acceptors (Lipinski definition) is 4. The Kier molecular flexibility index (Phi) is 5.37. The first-order chi connectivity index (χ1) is 9.92. The molecule has 0 saturated heterocycles. The highest BCUT2D eigenvalue weighted by molar-refractivity contribution is 7.88. The van der Waals surface area contributed by atoms with Crippen molar-refractivity contribution in [2.45, 2.75) is 25.1 Å². The zero-order valence-electron chi connectivity index (χ0n) is 11.9. The average Bonchev–Trinajstić information content (AvgIpc) is 2.85. The summed E-state index contributed by atoms with van der Waals surface area (Å²) in [4.78, 5) is 5.11. The van der Waals surface area contributed by atoms with Crippen molar-refractivity contribution < 1.29 is 8.42 Å². The molecule has 7 heteroatoms. The lowest BCUT2D eigenvalue weighted by Crippen LogP contribution is -2.27. The molecule has 0 aliphatic carbocycles. The summed E-state index contributed by atoms with van der Waals surface area (Å²) in [6.45, 7) is 2.25. The fraction of sp³-hybridized carbons (Fsp3) is 0.357. The van der Waals surface area contributed by atoms with E-state index in [-0.39, 0.29) is 5.75 Å². The highest BCUT2D eigenvalue weighted by atomic mass is 35.5. The van der Waals surface area contributed by atoms with E-state index in [1.54, 1.807) is 24.7 Å². The molecule has 0 N–H and O–H groups in total. The van der Waals surface area contributed by atoms with Crippen LogP contribution in [-0.4, -0.2) is 24.8 Å². The molecule has 0 radical (unpaired) electrons. The van der Waals surface area contributed by atoms with Crippen LogP contribution in [0, 0.1) is 6.92 Å². The van der Waals surface area contributed by atoms with Crippen molar-refractivity contribution in [2.24, 2.45) is 0 Å². The van der Waals surface area contributed by atoms with Gasteiger partial charge in [0, 0.05) is 24.3 Å². The minimum absolute atomic E-state index is 0.0100. The third kappa shape index (κ3) is 4.26. The van der Waals surface area contributed by atoms with Gasteiger partial charge >= 0.3 is 0 Å². The van der Waals surface area contributed by atoms with E-state index in [9.17, 15) is 8.42 Å². The standard InChI is InChI=1S/C14H17ClN2O2S2/c1-11-14(20-10-16-11)8-17(2)21(18,19)9-13-5-3-12(7-15)4-6-13/h3-6,10H,7-9H2,1-2H3. The predicted octanol–water partition coefficient (Wildman–Crippen LogP) is 3.15. The number of thiazole rings is 1. The Labute approximate surface area is 134 Å². The fourth-order valence-electron chi connectivity index (χ4n) is 1.82. The van der Waals surface area contributed by atoms with E-state index in [1.165, 1.54) is 15.6 Å². The van der Waals surface area contributed by atoms with Gasteiger partial charge in [-0.05, 0) is 18.1 Å². The Bertz CT molecular complexity index is 696. The molecular weight excluding hydrogens is 328 g/mol. The molecule has 0 aliphatic heterocycles. The molecule has 1 aromatic heterocycles. The van der Waals surface area contributed by atoms with Gasteiger partial charge in [-0.3, -0.25) is 0 Å². The maximum Gasteiger partial charge on any atom is 0.218 e. The van der Waals surface area contributed by atoms with Crippen LogP contribution in [0.5, 0.6) is 0 Å². The Balaban J connectivity index is 2.08. The smallest absolute Gasteiger partial charge is 0.218 e. The molecule has 0 fully saturated rings. The van der Waals surface area contributed by atoms with Crippen LogP contribution in [0.2, 0.25) is 0 Å². The minimum Gasteiger partial charge on any atom is -0.250 e. The van der Waals surface area contributed by atoms with Gasteiger partial charge in [-0.25, -0.2) is 13.4 Å². The highest BCUT2D eigenvalue weighted by Crippen LogP contribution is 2.18. The molecule has 0 bridgehead atoms. The quantitative estimate of drug-likeness (QED) is 0.756. The summed E-state index contributed by atoms with van der Waals surface area (Å²) in [7, 11) is -1.75. The van der Waals surface area contributed by atoms with Gasteiger partial charge in [-0.15, -0.1) is 22.9 Å². The van der Waals surface area contributed by atoms with E-state index in [2.05, 4.69) is 4.98 Å². The molecule has 0 amide bonds. The molecule has 114 valence electrons. The summed E-state index contributed by atoms with van der Waals surface area (Å²) in [5, 5.41) is 0. The van der Waals surface area contributed by atoms with Gasteiger partial charge in [0.15, 0.2) is 0 Å². The SMILES string of the molecule is Cc1ncsc1CN(C)S(=O)(=O)Cc1ccc(CCl)cc1. The molecule has 21 heavy (non-hydrogen) atoms. The summed E-state index contributed by atoms with van der Waals surface area (Å²) in [5.41, 5.74) is 4.35. The number of nitrogens with zero attached hydrogens (tertiary/aromatic N) is 2. The van der Waals surface area contributed by atoms with Crippen molar-refractivity contribution >= 4 is 33.0 Å². The topological polar surface area (TPSA) is 50.3 Å². The van der Waals surface area contributed by atoms with Gasteiger partial charge in [-0.2, -0.15) is 4.31 Å². The molecule has 4 nitrogen and oxygen atoms in total. The number of alkyl halides is 1.